The highest BCUT2D eigenvalue weighted by atomic mass is 35.5. The van der Waals surface area contributed by atoms with E-state index in [9.17, 15) is 37.8 Å². The molecule has 0 spiro atoms. The third-order valence-corrected chi connectivity index (χ3v) is 11.8. The maximum atomic E-state index is 14.3. The van der Waals surface area contributed by atoms with Crippen LogP contribution in [0.2, 0.25) is 5.02 Å². The minimum atomic E-state index is -4.35. The molecule has 17 nitrogen and oxygen atoms in total. The number of nitrogens with one attached hydrogen (secondary N) is 1. The Bertz CT molecular complexity index is 2420. The summed E-state index contributed by atoms with van der Waals surface area (Å²) in [6, 6.07) is 15.6. The molecule has 3 aromatic rings. The Morgan fingerprint density at radius 1 is 1.05 bits per heavy atom. The number of carbonyl (C=O) groups excluding carboxylic acids is 4. The number of carbonyl (C=O) groups is 5. The van der Waals surface area contributed by atoms with Crippen molar-refractivity contribution in [2.24, 2.45) is 0 Å². The summed E-state index contributed by atoms with van der Waals surface area (Å²) in [5.74, 6) is -2.24. The van der Waals surface area contributed by atoms with Gasteiger partial charge in [0.1, 0.15) is 37.4 Å². The zero-order chi connectivity index (χ0) is 55.3. The number of ether oxygens (including phenoxy) is 4. The van der Waals surface area contributed by atoms with Crippen molar-refractivity contribution in [3.8, 4) is 11.5 Å². The van der Waals surface area contributed by atoms with E-state index in [1.807, 2.05) is 62.5 Å². The maximum absolute atomic E-state index is 14.3. The monoisotopic (exact) mass is 1140 g/mol. The summed E-state index contributed by atoms with van der Waals surface area (Å²) in [6.07, 6.45) is 9.75. The fourth-order valence-corrected chi connectivity index (χ4v) is 8.15. The predicted octanol–water partition coefficient (Wildman–Crippen LogP) is 9.00. The number of carboxylic acids is 1. The van der Waals surface area contributed by atoms with Crippen LogP contribution in [0.5, 0.6) is 11.5 Å². The molecule has 0 aromatic heterocycles. The van der Waals surface area contributed by atoms with Crippen molar-refractivity contribution in [3.63, 3.8) is 0 Å². The Morgan fingerprint density at radius 3 is 2.19 bits per heavy atom. The van der Waals surface area contributed by atoms with Crippen LogP contribution in [0.1, 0.15) is 71.4 Å². The summed E-state index contributed by atoms with van der Waals surface area (Å²) in [5, 5.41) is 10.1. The SMILES string of the molecule is CC(C)=C1OC(=O)N(c2cc(OC3CCCC3)c(Cl)cc2F)C1=O.CC1COc2ccccc2N1C(=O)C(Cl)Cl.CCc1cccc(C)c1N(C(=O)CCl)C(C)COC.C[S+](C)C.O=C(O)CNCP(=O)([O-])O. The van der Waals surface area contributed by atoms with E-state index in [4.69, 9.17) is 75.4 Å². The topological polar surface area (TPSA) is 225 Å². The molecule has 1 saturated carbocycles. The van der Waals surface area contributed by atoms with E-state index in [1.54, 1.807) is 30.8 Å². The van der Waals surface area contributed by atoms with Gasteiger partial charge in [0, 0.05) is 13.2 Å². The summed E-state index contributed by atoms with van der Waals surface area (Å²) in [7, 11) is -2.07. The number of hydrogen-bond acceptors (Lipinski definition) is 12. The second-order valence-corrected chi connectivity index (χ2v) is 23.0. The standard InChI is InChI=1S/C17H17ClFNO4.C15H22ClNO2.C11H11Cl2NO2.C3H8NO5P.C3H9S/c1-9(2)15-16(21)20(17(22)24-15)13-8-14(11(18)7-12(13)19)23-10-5-3-4-6-10;1-5-13-8-6-7-11(2)15(13)17(14(18)9-16)12(3)10-19-4;1-7-6-16-9-5-3-2-4-8(9)14(7)11(15)10(12)13;5-3(6)1-4-2-10(7,8)9;1-4(2)3/h7-8,10H,3-6H2,1-2H3;6-8,12H,5,9-10H2,1-4H3;2-5,7,10H,6H2,1H3;4H,1-2H2,(H,5,6)(H2,7,8,9);1-3H3/q;;;;+1/p-1. The molecule has 1 saturated heterocycles. The molecule has 3 N–H and O–H groups in total. The molecule has 3 atom stereocenters. The summed E-state index contributed by atoms with van der Waals surface area (Å²) in [4.78, 5) is 79.1. The number of rotatable bonds is 14. The molecule has 24 heteroatoms. The van der Waals surface area contributed by atoms with Crippen LogP contribution < -0.4 is 34.4 Å². The van der Waals surface area contributed by atoms with Crippen molar-refractivity contribution in [2.75, 3.05) is 72.5 Å². The number of methoxy groups -OCH3 is 1. The number of anilines is 3. The molecule has 2 fully saturated rings. The van der Waals surface area contributed by atoms with E-state index in [-0.39, 0.29) is 58.1 Å². The molecule has 3 unspecified atom stereocenters. The van der Waals surface area contributed by atoms with Gasteiger partial charge in [0.25, 0.3) is 5.91 Å². The van der Waals surface area contributed by atoms with Crippen LogP contribution in [0.3, 0.4) is 0 Å². The number of nitrogens with zero attached hydrogens (tertiary/aromatic N) is 3. The van der Waals surface area contributed by atoms with Gasteiger partial charge in [-0.2, -0.15) is 0 Å². The lowest BCUT2D eigenvalue weighted by Gasteiger charge is -2.35. The highest BCUT2D eigenvalue weighted by Crippen LogP contribution is 2.38. The number of carboxylic acid groups (broad SMARTS) is 1. The van der Waals surface area contributed by atoms with Gasteiger partial charge in [-0.05, 0) is 113 Å². The first-order valence-electron chi connectivity index (χ1n) is 22.8. The lowest BCUT2D eigenvalue weighted by molar-refractivity contribution is -0.193. The lowest BCUT2D eigenvalue weighted by atomic mass is 10.0. The summed E-state index contributed by atoms with van der Waals surface area (Å²) in [5.41, 5.74) is 4.24. The van der Waals surface area contributed by atoms with E-state index < -0.39 is 49.0 Å². The van der Waals surface area contributed by atoms with Crippen LogP contribution in [-0.4, -0.2) is 121 Å². The molecule has 4 amide bonds. The zero-order valence-corrected chi connectivity index (χ0v) is 47.3. The second kappa shape index (κ2) is 31.7. The summed E-state index contributed by atoms with van der Waals surface area (Å²) in [6.45, 7) is 11.7. The van der Waals surface area contributed by atoms with Crippen LogP contribution in [0.4, 0.5) is 26.2 Å². The summed E-state index contributed by atoms with van der Waals surface area (Å²) < 4.78 is 45.7. The zero-order valence-electron chi connectivity index (χ0n) is 42.5. The first-order valence-corrected chi connectivity index (χ1v) is 28.8. The highest BCUT2D eigenvalue weighted by molar-refractivity contribution is 7.94. The van der Waals surface area contributed by atoms with Gasteiger partial charge >= 0.3 is 18.0 Å². The van der Waals surface area contributed by atoms with Crippen LogP contribution in [0.15, 0.2) is 65.9 Å². The molecular formula is C49H66Cl4FN4O13PS. The number of fused-ring (bicyclic) bond motifs is 1. The number of allylic oxidation sites excluding steroid dienone is 1. The third kappa shape index (κ3) is 20.8. The van der Waals surface area contributed by atoms with Gasteiger partial charge in [0.15, 0.2) is 10.6 Å². The average molecular weight is 1140 g/mol. The van der Waals surface area contributed by atoms with Crippen LogP contribution in [0, 0.1) is 12.7 Å². The summed E-state index contributed by atoms with van der Waals surface area (Å²) >= 11 is 23.1. The molecular weight excluding hydrogens is 1080 g/mol. The normalized spacial score (nSPS) is 16.2. The van der Waals surface area contributed by atoms with E-state index in [2.05, 4.69) is 31.8 Å². The van der Waals surface area contributed by atoms with Crippen LogP contribution in [-0.2, 0) is 50.5 Å². The first kappa shape index (κ1) is 65.0. The lowest BCUT2D eigenvalue weighted by Crippen LogP contribution is -2.47. The molecule has 6 rings (SSSR count). The first-order chi connectivity index (χ1) is 34.2. The van der Waals surface area contributed by atoms with Crippen molar-refractivity contribution in [3.05, 3.63) is 87.9 Å². The molecule has 2 heterocycles. The average Bonchev–Trinajstić information content (AvgIpc) is 3.94. The van der Waals surface area contributed by atoms with E-state index in [0.29, 0.717) is 40.3 Å². The maximum Gasteiger partial charge on any atom is 0.427 e. The van der Waals surface area contributed by atoms with Crippen molar-refractivity contribution in [2.45, 2.75) is 96.7 Å². The fraction of sp³-hybridized carbons (Fsp3) is 0.490. The predicted molar refractivity (Wildman–Crippen MR) is 287 cm³/mol. The van der Waals surface area contributed by atoms with Gasteiger partial charge in [-0.3, -0.25) is 24.5 Å². The minimum absolute atomic E-state index is 0.00962. The highest BCUT2D eigenvalue weighted by Gasteiger charge is 2.40. The third-order valence-electron chi connectivity index (χ3n) is 10.3. The minimum Gasteiger partial charge on any atom is -0.778 e. The largest absolute Gasteiger partial charge is 0.778 e. The van der Waals surface area contributed by atoms with Gasteiger partial charge in [-0.1, -0.05) is 72.1 Å². The Labute approximate surface area is 450 Å². The fourth-order valence-electron chi connectivity index (χ4n) is 7.22. The number of halogens is 5. The number of hydrogen-bond donors (Lipinski definition) is 3. The van der Waals surface area contributed by atoms with Gasteiger partial charge in [-0.15, -0.1) is 11.6 Å². The second-order valence-electron chi connectivity index (χ2n) is 17.2. The number of cyclic esters (lactones) is 1. The number of benzene rings is 3. The van der Waals surface area contributed by atoms with Gasteiger partial charge < -0.3 is 48.2 Å². The van der Waals surface area contributed by atoms with E-state index in [1.165, 1.54) is 6.07 Å². The molecule has 1 aliphatic carbocycles. The van der Waals surface area contributed by atoms with E-state index in [0.717, 1.165) is 60.7 Å². The van der Waals surface area contributed by atoms with Crippen LogP contribution in [0.25, 0.3) is 0 Å². The molecule has 2 aliphatic heterocycles. The van der Waals surface area contributed by atoms with Crippen molar-refractivity contribution < 1.29 is 66.8 Å². The number of para-hydroxylation sites is 3. The Hall–Kier alpha value is -4.14. The molecule has 0 bridgehead atoms. The van der Waals surface area contributed by atoms with Crippen molar-refractivity contribution in [1.29, 1.82) is 0 Å². The Morgan fingerprint density at radius 2 is 1.67 bits per heavy atom. The Kier molecular flexibility index (Phi) is 28.2. The quantitative estimate of drug-likeness (QED) is 0.0593. The number of amides is 4. The van der Waals surface area contributed by atoms with Gasteiger partial charge in [-0.25, -0.2) is 14.1 Å². The Balaban J connectivity index is 0.000000337. The number of alkyl halides is 3. The number of aliphatic carboxylic acids is 1. The molecule has 0 radical (unpaired) electrons. The van der Waals surface area contributed by atoms with Gasteiger partial charge in [0.05, 0.1) is 78.5 Å². The molecule has 406 valence electrons. The molecule has 3 aliphatic rings. The van der Waals surface area contributed by atoms with Crippen LogP contribution >= 0.6 is 54.0 Å². The smallest absolute Gasteiger partial charge is 0.427 e. The number of aryl methyl sites for hydroxylation is 2. The van der Waals surface area contributed by atoms with E-state index >= 15 is 0 Å². The van der Waals surface area contributed by atoms with Crippen molar-refractivity contribution in [1.82, 2.24) is 5.32 Å². The van der Waals surface area contributed by atoms with Gasteiger partial charge in [0.2, 0.25) is 5.91 Å². The molecule has 3 aromatic carbocycles. The number of imide groups is 1. The molecule has 73 heavy (non-hydrogen) atoms. The van der Waals surface area contributed by atoms with Crippen molar-refractivity contribution >= 4 is 112 Å².